The Morgan fingerprint density at radius 3 is 2.53 bits per heavy atom. The van der Waals surface area contributed by atoms with Gasteiger partial charge in [0.2, 0.25) is 0 Å². The van der Waals surface area contributed by atoms with Crippen LogP contribution in [0.5, 0.6) is 0 Å². The zero-order valence-corrected chi connectivity index (χ0v) is 9.93. The quantitative estimate of drug-likeness (QED) is 0.666. The molecule has 0 N–H and O–H groups in total. The van der Waals surface area contributed by atoms with Crippen molar-refractivity contribution in [2.24, 2.45) is 5.92 Å². The normalized spacial score (nSPS) is 30.5. The summed E-state index contributed by atoms with van der Waals surface area (Å²) in [6.07, 6.45) is 4.21. The molecule has 2 heteroatoms. The molecule has 2 nitrogen and oxygen atoms in total. The van der Waals surface area contributed by atoms with Gasteiger partial charge in [0.25, 0.3) is 0 Å². The van der Waals surface area contributed by atoms with Gasteiger partial charge in [0.1, 0.15) is 5.60 Å². The van der Waals surface area contributed by atoms with Crippen molar-refractivity contribution >= 4 is 5.78 Å². The van der Waals surface area contributed by atoms with Gasteiger partial charge in [-0.05, 0) is 38.5 Å². The first-order valence-electron chi connectivity index (χ1n) is 5.62. The molecule has 1 aliphatic rings. The van der Waals surface area contributed by atoms with E-state index in [9.17, 15) is 4.79 Å². The van der Waals surface area contributed by atoms with Crippen LogP contribution in [0.4, 0.5) is 0 Å². The van der Waals surface area contributed by atoms with Crippen LogP contribution >= 0.6 is 0 Å². The van der Waals surface area contributed by atoms with Crippen LogP contribution in [0.25, 0.3) is 0 Å². The maximum Gasteiger partial charge on any atom is 0.176 e. The molecule has 1 rings (SSSR count). The van der Waals surface area contributed by atoms with E-state index in [1.54, 1.807) is 14.0 Å². The summed E-state index contributed by atoms with van der Waals surface area (Å²) >= 11 is 0. The van der Waals surface area contributed by atoms with Crippen LogP contribution in [0.3, 0.4) is 0 Å². The maximum atomic E-state index is 12.0. The van der Waals surface area contributed by atoms with Gasteiger partial charge in [-0.15, -0.1) is 5.92 Å². The fraction of sp³-hybridized carbons (Fsp3) is 0.769. The zero-order chi connectivity index (χ0) is 11.3. The number of hydrogen-bond donors (Lipinski definition) is 0. The highest BCUT2D eigenvalue weighted by atomic mass is 16.5. The minimum atomic E-state index is -0.531. The first-order valence-corrected chi connectivity index (χ1v) is 5.62. The standard InChI is InChI=1S/C13H20O2/c1-4-5-6-12(14)13(15-3)9-7-11(2)8-10-13/h11H,6-10H2,1-3H3. The van der Waals surface area contributed by atoms with Crippen LogP contribution in [0.2, 0.25) is 0 Å². The molecule has 0 aromatic carbocycles. The Balaban J connectivity index is 2.66. The summed E-state index contributed by atoms with van der Waals surface area (Å²) < 4.78 is 5.47. The lowest BCUT2D eigenvalue weighted by Gasteiger charge is -2.36. The van der Waals surface area contributed by atoms with Crippen LogP contribution in [-0.4, -0.2) is 18.5 Å². The number of Topliss-reactive ketones (excluding diaryl/α,β-unsaturated/α-hetero) is 1. The molecule has 0 heterocycles. The van der Waals surface area contributed by atoms with E-state index in [1.807, 2.05) is 0 Å². The second-order valence-electron chi connectivity index (χ2n) is 4.41. The number of carbonyl (C=O) groups excluding carboxylic acids is 1. The zero-order valence-electron chi connectivity index (χ0n) is 9.93. The van der Waals surface area contributed by atoms with Crippen molar-refractivity contribution in [1.82, 2.24) is 0 Å². The van der Waals surface area contributed by atoms with Crippen LogP contribution < -0.4 is 0 Å². The van der Waals surface area contributed by atoms with Gasteiger partial charge in [0.05, 0.1) is 6.42 Å². The lowest BCUT2D eigenvalue weighted by atomic mass is 9.76. The molecule has 0 unspecified atom stereocenters. The molecule has 0 aliphatic heterocycles. The van der Waals surface area contributed by atoms with E-state index in [0.717, 1.165) is 31.6 Å². The molecule has 0 atom stereocenters. The summed E-state index contributed by atoms with van der Waals surface area (Å²) in [5, 5.41) is 0. The first-order chi connectivity index (χ1) is 7.14. The summed E-state index contributed by atoms with van der Waals surface area (Å²) in [6.45, 7) is 3.99. The Morgan fingerprint density at radius 2 is 2.07 bits per heavy atom. The molecule has 1 fully saturated rings. The van der Waals surface area contributed by atoms with E-state index in [2.05, 4.69) is 18.8 Å². The summed E-state index contributed by atoms with van der Waals surface area (Å²) in [5.41, 5.74) is -0.531. The summed E-state index contributed by atoms with van der Waals surface area (Å²) in [5.74, 6) is 6.48. The molecule has 0 radical (unpaired) electrons. The average molecular weight is 208 g/mol. The van der Waals surface area contributed by atoms with Crippen LogP contribution in [-0.2, 0) is 9.53 Å². The molecule has 0 aromatic rings. The lowest BCUT2D eigenvalue weighted by molar-refractivity contribution is -0.145. The Bertz CT molecular complexity index is 275. The van der Waals surface area contributed by atoms with Gasteiger partial charge in [-0.2, -0.15) is 0 Å². The van der Waals surface area contributed by atoms with Crippen molar-refractivity contribution in [2.45, 2.75) is 51.6 Å². The van der Waals surface area contributed by atoms with Gasteiger partial charge in [0, 0.05) is 7.11 Å². The highest BCUT2D eigenvalue weighted by molar-refractivity contribution is 5.89. The van der Waals surface area contributed by atoms with Crippen molar-refractivity contribution in [1.29, 1.82) is 0 Å². The number of hydrogen-bond acceptors (Lipinski definition) is 2. The fourth-order valence-corrected chi connectivity index (χ4v) is 2.15. The Kier molecular flexibility index (Phi) is 4.35. The van der Waals surface area contributed by atoms with Gasteiger partial charge in [-0.1, -0.05) is 12.8 Å². The Morgan fingerprint density at radius 1 is 1.47 bits per heavy atom. The number of ketones is 1. The third-order valence-electron chi connectivity index (χ3n) is 3.41. The molecular formula is C13H20O2. The SMILES string of the molecule is CC#CCC(=O)C1(OC)CCC(C)CC1. The van der Waals surface area contributed by atoms with E-state index in [4.69, 9.17) is 4.74 Å². The summed E-state index contributed by atoms with van der Waals surface area (Å²) in [4.78, 5) is 12.0. The molecular weight excluding hydrogens is 188 g/mol. The molecule has 0 saturated heterocycles. The second kappa shape index (κ2) is 5.32. The van der Waals surface area contributed by atoms with Gasteiger partial charge in [0.15, 0.2) is 5.78 Å². The first kappa shape index (κ1) is 12.3. The van der Waals surface area contributed by atoms with E-state index < -0.39 is 5.60 Å². The number of rotatable bonds is 3. The molecule has 0 bridgehead atoms. The van der Waals surface area contributed by atoms with Gasteiger partial charge in [-0.25, -0.2) is 0 Å². The molecule has 1 saturated carbocycles. The summed E-state index contributed by atoms with van der Waals surface area (Å²) in [7, 11) is 1.65. The highest BCUT2D eigenvalue weighted by Gasteiger charge is 2.40. The van der Waals surface area contributed by atoms with Crippen molar-refractivity contribution < 1.29 is 9.53 Å². The largest absolute Gasteiger partial charge is 0.370 e. The monoisotopic (exact) mass is 208 g/mol. The average Bonchev–Trinajstić information content (AvgIpc) is 2.27. The van der Waals surface area contributed by atoms with Gasteiger partial charge in [-0.3, -0.25) is 4.79 Å². The van der Waals surface area contributed by atoms with E-state index in [0.29, 0.717) is 6.42 Å². The van der Waals surface area contributed by atoms with Gasteiger partial charge < -0.3 is 4.74 Å². The van der Waals surface area contributed by atoms with Crippen molar-refractivity contribution in [3.05, 3.63) is 0 Å². The van der Waals surface area contributed by atoms with Crippen molar-refractivity contribution in [3.8, 4) is 11.8 Å². The number of carbonyl (C=O) groups is 1. The number of ether oxygens (including phenoxy) is 1. The molecule has 15 heavy (non-hydrogen) atoms. The topological polar surface area (TPSA) is 26.3 Å². The maximum absolute atomic E-state index is 12.0. The van der Waals surface area contributed by atoms with Crippen molar-refractivity contribution in [2.75, 3.05) is 7.11 Å². The van der Waals surface area contributed by atoms with E-state index in [-0.39, 0.29) is 5.78 Å². The number of methoxy groups -OCH3 is 1. The third kappa shape index (κ3) is 2.82. The highest BCUT2D eigenvalue weighted by Crippen LogP contribution is 2.35. The Labute approximate surface area is 92.4 Å². The molecule has 84 valence electrons. The smallest absolute Gasteiger partial charge is 0.176 e. The summed E-state index contributed by atoms with van der Waals surface area (Å²) in [6, 6.07) is 0. The Hall–Kier alpha value is -0.810. The third-order valence-corrected chi connectivity index (χ3v) is 3.41. The minimum Gasteiger partial charge on any atom is -0.370 e. The van der Waals surface area contributed by atoms with E-state index in [1.165, 1.54) is 0 Å². The molecule has 0 amide bonds. The van der Waals surface area contributed by atoms with Crippen LogP contribution in [0.1, 0.15) is 46.0 Å². The van der Waals surface area contributed by atoms with Crippen LogP contribution in [0, 0.1) is 17.8 Å². The van der Waals surface area contributed by atoms with Crippen LogP contribution in [0.15, 0.2) is 0 Å². The minimum absolute atomic E-state index is 0.159. The predicted molar refractivity (Wildman–Crippen MR) is 60.4 cm³/mol. The van der Waals surface area contributed by atoms with Gasteiger partial charge >= 0.3 is 0 Å². The van der Waals surface area contributed by atoms with E-state index >= 15 is 0 Å². The second-order valence-corrected chi connectivity index (χ2v) is 4.41. The molecule has 0 spiro atoms. The molecule has 1 aliphatic carbocycles. The lowest BCUT2D eigenvalue weighted by Crippen LogP contribution is -2.43. The fourth-order valence-electron chi connectivity index (χ4n) is 2.15. The predicted octanol–water partition coefficient (Wildman–Crippen LogP) is 2.56. The van der Waals surface area contributed by atoms with Crippen molar-refractivity contribution in [3.63, 3.8) is 0 Å². The molecule has 0 aromatic heterocycles.